The molecule has 0 unspecified atom stereocenters. The predicted molar refractivity (Wildman–Crippen MR) is 71.9 cm³/mol. The molecule has 1 aliphatic rings. The fraction of sp³-hybridized carbons (Fsp3) is 1.00. The molecule has 0 aliphatic carbocycles. The maximum absolute atomic E-state index is 2.65. The molecule has 1 rings (SSSR count). The lowest BCUT2D eigenvalue weighted by molar-refractivity contribution is 0.00614. The first-order valence-electron chi connectivity index (χ1n) is 6.83. The van der Waals surface area contributed by atoms with Gasteiger partial charge in [-0.3, -0.25) is 9.80 Å². The zero-order valence-electron chi connectivity index (χ0n) is 12.1. The average Bonchev–Trinajstić information content (AvgIpc) is 2.29. The molecule has 0 amide bonds. The number of nitrogens with zero attached hydrogens (tertiary/aromatic N) is 2. The van der Waals surface area contributed by atoms with E-state index in [1.165, 1.54) is 39.0 Å². The van der Waals surface area contributed by atoms with Crippen LogP contribution in [0.4, 0.5) is 0 Å². The Hall–Kier alpha value is -0.0800. The Morgan fingerprint density at radius 3 is 1.12 bits per heavy atom. The van der Waals surface area contributed by atoms with Crippen LogP contribution in [0.5, 0.6) is 0 Å². The van der Waals surface area contributed by atoms with E-state index in [0.29, 0.717) is 11.1 Å². The molecule has 0 bridgehead atoms. The van der Waals surface area contributed by atoms with Crippen molar-refractivity contribution >= 4 is 0 Å². The number of hydrogen-bond acceptors (Lipinski definition) is 2. The third-order valence-electron chi connectivity index (χ3n) is 4.72. The summed E-state index contributed by atoms with van der Waals surface area (Å²) in [6.07, 6.45) is 2.48. The maximum Gasteiger partial charge on any atom is 0.0151 e. The Morgan fingerprint density at radius 1 is 0.688 bits per heavy atom. The lowest BCUT2D eigenvalue weighted by Crippen LogP contribution is -2.58. The molecule has 1 saturated heterocycles. The summed E-state index contributed by atoms with van der Waals surface area (Å²) >= 11 is 0. The molecule has 1 heterocycles. The predicted octanol–water partition coefficient (Wildman–Crippen LogP) is 2.98. The van der Waals surface area contributed by atoms with Crippen molar-refractivity contribution in [2.24, 2.45) is 0 Å². The second-order valence-corrected chi connectivity index (χ2v) is 6.31. The van der Waals surface area contributed by atoms with Gasteiger partial charge < -0.3 is 0 Å². The molecule has 96 valence electrons. The lowest BCUT2D eigenvalue weighted by Gasteiger charge is -2.48. The van der Waals surface area contributed by atoms with Crippen molar-refractivity contribution in [3.8, 4) is 0 Å². The molecule has 0 saturated carbocycles. The van der Waals surface area contributed by atoms with Gasteiger partial charge >= 0.3 is 0 Å². The summed E-state index contributed by atoms with van der Waals surface area (Å²) in [5, 5.41) is 0. The minimum Gasteiger partial charge on any atom is -0.296 e. The zero-order valence-corrected chi connectivity index (χ0v) is 12.1. The molecule has 1 aliphatic heterocycles. The number of hydrogen-bond donors (Lipinski definition) is 0. The van der Waals surface area contributed by atoms with Crippen LogP contribution in [0.3, 0.4) is 0 Å². The second kappa shape index (κ2) is 5.05. The van der Waals surface area contributed by atoms with Crippen molar-refractivity contribution in [2.45, 2.75) is 65.5 Å². The van der Waals surface area contributed by atoms with Crippen LogP contribution in [0.15, 0.2) is 0 Å². The van der Waals surface area contributed by atoms with Crippen molar-refractivity contribution < 1.29 is 0 Å². The third kappa shape index (κ3) is 2.98. The second-order valence-electron chi connectivity index (χ2n) is 6.31. The van der Waals surface area contributed by atoms with E-state index in [0.717, 1.165) is 0 Å². The summed E-state index contributed by atoms with van der Waals surface area (Å²) in [5.41, 5.74) is 0.755. The lowest BCUT2D eigenvalue weighted by atomic mass is 9.95. The average molecular weight is 226 g/mol. The molecular weight excluding hydrogens is 196 g/mol. The van der Waals surface area contributed by atoms with Crippen LogP contribution < -0.4 is 0 Å². The Morgan fingerprint density at radius 2 is 0.938 bits per heavy atom. The normalized spacial score (nSPS) is 21.4. The molecule has 2 heteroatoms. The van der Waals surface area contributed by atoms with Gasteiger partial charge in [0.1, 0.15) is 0 Å². The molecule has 2 nitrogen and oxygen atoms in total. The van der Waals surface area contributed by atoms with E-state index in [4.69, 9.17) is 0 Å². The zero-order chi connectivity index (χ0) is 12.4. The molecule has 0 spiro atoms. The fourth-order valence-corrected chi connectivity index (χ4v) is 2.36. The number of piperazine rings is 1. The van der Waals surface area contributed by atoms with Gasteiger partial charge in [0, 0.05) is 37.3 Å². The molecule has 0 N–H and O–H groups in total. The van der Waals surface area contributed by atoms with Crippen LogP contribution in [0.25, 0.3) is 0 Å². The molecule has 0 aromatic carbocycles. The van der Waals surface area contributed by atoms with Gasteiger partial charge in [-0.05, 0) is 40.5 Å². The van der Waals surface area contributed by atoms with Gasteiger partial charge in [-0.15, -0.1) is 0 Å². The summed E-state index contributed by atoms with van der Waals surface area (Å²) in [5.74, 6) is 0. The molecular formula is C14H30N2. The van der Waals surface area contributed by atoms with Gasteiger partial charge in [0.2, 0.25) is 0 Å². The van der Waals surface area contributed by atoms with Crippen LogP contribution in [0, 0.1) is 0 Å². The Balaban J connectivity index is 2.52. The van der Waals surface area contributed by atoms with E-state index in [9.17, 15) is 0 Å². The summed E-state index contributed by atoms with van der Waals surface area (Å²) in [7, 11) is 0. The quantitative estimate of drug-likeness (QED) is 0.727. The molecule has 16 heavy (non-hydrogen) atoms. The minimum atomic E-state index is 0.377. The van der Waals surface area contributed by atoms with Crippen molar-refractivity contribution in [3.05, 3.63) is 0 Å². The first kappa shape index (κ1) is 14.0. The van der Waals surface area contributed by atoms with Gasteiger partial charge in [-0.25, -0.2) is 0 Å². The Bertz CT molecular complexity index is 189. The van der Waals surface area contributed by atoms with Gasteiger partial charge in [0.25, 0.3) is 0 Å². The topological polar surface area (TPSA) is 6.48 Å². The van der Waals surface area contributed by atoms with E-state index in [-0.39, 0.29) is 0 Å². The van der Waals surface area contributed by atoms with Crippen molar-refractivity contribution in [2.75, 3.05) is 26.2 Å². The summed E-state index contributed by atoms with van der Waals surface area (Å²) in [6.45, 7) is 19.0. The van der Waals surface area contributed by atoms with E-state index in [1.807, 2.05) is 0 Å². The smallest absolute Gasteiger partial charge is 0.0151 e. The van der Waals surface area contributed by atoms with Crippen LogP contribution in [0.2, 0.25) is 0 Å². The molecule has 0 radical (unpaired) electrons. The summed E-state index contributed by atoms with van der Waals surface area (Å²) in [4.78, 5) is 5.30. The fourth-order valence-electron chi connectivity index (χ4n) is 2.36. The molecule has 0 aromatic heterocycles. The molecule has 0 atom stereocenters. The summed E-state index contributed by atoms with van der Waals surface area (Å²) in [6, 6.07) is 0. The van der Waals surface area contributed by atoms with Crippen LogP contribution in [-0.4, -0.2) is 47.1 Å². The van der Waals surface area contributed by atoms with Crippen molar-refractivity contribution in [1.82, 2.24) is 9.80 Å². The van der Waals surface area contributed by atoms with E-state index < -0.39 is 0 Å². The SMILES string of the molecule is CCC(C)(C)N1CCN(C(C)(C)CC)CC1. The maximum atomic E-state index is 2.65. The minimum absolute atomic E-state index is 0.377. The van der Waals surface area contributed by atoms with Gasteiger partial charge in [-0.1, -0.05) is 13.8 Å². The van der Waals surface area contributed by atoms with Crippen molar-refractivity contribution in [3.63, 3.8) is 0 Å². The molecule has 0 aromatic rings. The summed E-state index contributed by atoms with van der Waals surface area (Å²) < 4.78 is 0. The monoisotopic (exact) mass is 226 g/mol. The highest BCUT2D eigenvalue weighted by atomic mass is 15.3. The standard InChI is InChI=1S/C14H30N2/c1-7-13(3,4)15-9-11-16(12-10-15)14(5,6)8-2/h7-12H2,1-6H3. The Labute approximate surface area is 102 Å². The first-order valence-corrected chi connectivity index (χ1v) is 6.83. The highest BCUT2D eigenvalue weighted by molar-refractivity contribution is 4.89. The van der Waals surface area contributed by atoms with E-state index in [2.05, 4.69) is 51.3 Å². The number of rotatable bonds is 4. The third-order valence-corrected chi connectivity index (χ3v) is 4.72. The van der Waals surface area contributed by atoms with Gasteiger partial charge in [-0.2, -0.15) is 0 Å². The van der Waals surface area contributed by atoms with E-state index >= 15 is 0 Å². The van der Waals surface area contributed by atoms with Gasteiger partial charge in [0.15, 0.2) is 0 Å². The van der Waals surface area contributed by atoms with Crippen molar-refractivity contribution in [1.29, 1.82) is 0 Å². The molecule has 1 fully saturated rings. The highest BCUT2D eigenvalue weighted by Crippen LogP contribution is 2.24. The van der Waals surface area contributed by atoms with Gasteiger partial charge in [0.05, 0.1) is 0 Å². The van der Waals surface area contributed by atoms with Crippen LogP contribution in [0.1, 0.15) is 54.4 Å². The largest absolute Gasteiger partial charge is 0.296 e. The van der Waals surface area contributed by atoms with E-state index in [1.54, 1.807) is 0 Å². The van der Waals surface area contributed by atoms with Crippen LogP contribution in [-0.2, 0) is 0 Å². The first-order chi connectivity index (χ1) is 7.33. The van der Waals surface area contributed by atoms with Crippen LogP contribution >= 0.6 is 0 Å². The Kier molecular flexibility index (Phi) is 4.42. The highest BCUT2D eigenvalue weighted by Gasteiger charge is 2.32.